The van der Waals surface area contributed by atoms with Gasteiger partial charge in [0.15, 0.2) is 56.6 Å². The van der Waals surface area contributed by atoms with Crippen LogP contribution in [0.2, 0.25) is 0 Å². The monoisotopic (exact) mass is 1960 g/mol. The van der Waals surface area contributed by atoms with Gasteiger partial charge in [-0.1, -0.05) is 67.0 Å². The van der Waals surface area contributed by atoms with Gasteiger partial charge in [0, 0.05) is 10.8 Å². The van der Waals surface area contributed by atoms with E-state index in [9.17, 15) is 158 Å². The first-order valence-electron chi connectivity index (χ1n) is 46.4. The number of fused-ring (bicyclic) bond motifs is 5. The lowest BCUT2D eigenvalue weighted by molar-refractivity contribution is -0.405. The molecule has 13 rings (SSSR count). The molecule has 49 heteroatoms. The standard InChI is InChI=1S/C86H146O49/c1-29(30-13-17-84(8)83(30,7)19-41(96)86(10)82(6)16-15-42(80(2,3)40(82)14-18-85(84,86)9)127-71-58(111)50(103)64(34(23-90)121-71)132-75-59(112)51(104)65(35(24-91)122-75)129-72-55(108)47(100)44(97)31(20-87)118-72)11-12-43(81(4,5)117)128-79-70(63(116)69(39(28-95)126-79)134-77-61(114)53(106)67(37(26-93)124-77)131-74-57(110)49(102)46(99)33(22-89)120-74)135-78-62(115)54(107)68(38(27-94)125-78)133-76-60(113)52(105)66(36(25-92)123-76)130-73-56(109)48(101)45(98)32(21-88)119-73/h14,29-39,41-79,87-117H,11-13,15-28H2,1-10H3/t29-,30?,31-,32-,33-,34-,35-,36-,37-,38-,39-,41?,42+,43-,44-,45-,46-,47+,48+,49+,50-,51-,52-,53-,54-,55-,56-,57-,58-,59-,60-,61-,62-,63+,64-,65-,66-,67-,68-,69-,70-,71?,72?,73?,74?,75?,76?,77?,78?,79?,82-,83-,84-,85+,86+/m1/s1. The van der Waals surface area contributed by atoms with Gasteiger partial charge in [0.2, 0.25) is 0 Å². The van der Waals surface area contributed by atoms with E-state index < -0.39 is 392 Å². The Hall–Kier alpha value is -2.22. The van der Waals surface area contributed by atoms with E-state index >= 15 is 0 Å². The summed E-state index contributed by atoms with van der Waals surface area (Å²) in [7, 11) is 0. The van der Waals surface area contributed by atoms with Crippen LogP contribution in [0.25, 0.3) is 0 Å². The third-order valence-electron chi connectivity index (χ3n) is 33.0. The van der Waals surface area contributed by atoms with E-state index in [1.54, 1.807) is 0 Å². The average molecular weight is 1960 g/mol. The van der Waals surface area contributed by atoms with Gasteiger partial charge < -0.3 is 244 Å². The number of allylic oxidation sites excluding steroid dienone is 1. The number of hydrogen-bond acceptors (Lipinski definition) is 49. The molecule has 0 aromatic rings. The number of ether oxygens (including phenoxy) is 18. The van der Waals surface area contributed by atoms with E-state index in [2.05, 4.69) is 40.7 Å². The molecule has 55 atom stereocenters. The highest BCUT2D eigenvalue weighted by Gasteiger charge is 2.78. The molecule has 3 saturated carbocycles. The van der Waals surface area contributed by atoms with Gasteiger partial charge in [-0.25, -0.2) is 0 Å². The van der Waals surface area contributed by atoms with Crippen molar-refractivity contribution in [1.29, 1.82) is 0 Å². The van der Waals surface area contributed by atoms with Crippen molar-refractivity contribution in [2.75, 3.05) is 59.5 Å². The zero-order chi connectivity index (χ0) is 99.4. The summed E-state index contributed by atoms with van der Waals surface area (Å²) in [6, 6.07) is 0. The summed E-state index contributed by atoms with van der Waals surface area (Å²) in [6.07, 6.45) is -83.9. The predicted molar refractivity (Wildman–Crippen MR) is 440 cm³/mol. The lowest BCUT2D eigenvalue weighted by atomic mass is 9.29. The molecule has 135 heavy (non-hydrogen) atoms. The van der Waals surface area contributed by atoms with E-state index in [0.29, 0.717) is 44.9 Å². The van der Waals surface area contributed by atoms with Crippen molar-refractivity contribution < 1.29 is 244 Å². The number of aliphatic hydroxyl groups excluding tert-OH is 30. The Morgan fingerprint density at radius 3 is 0.919 bits per heavy atom. The van der Waals surface area contributed by atoms with Gasteiger partial charge >= 0.3 is 0 Å². The van der Waals surface area contributed by atoms with E-state index in [-0.39, 0.29) is 18.3 Å². The zero-order valence-electron chi connectivity index (χ0n) is 76.7. The molecule has 9 heterocycles. The third-order valence-corrected chi connectivity index (χ3v) is 33.0. The molecule has 0 spiro atoms. The number of aliphatic hydroxyl groups is 31. The van der Waals surface area contributed by atoms with Crippen molar-refractivity contribution >= 4 is 0 Å². The van der Waals surface area contributed by atoms with Crippen molar-refractivity contribution in [3.63, 3.8) is 0 Å². The second kappa shape index (κ2) is 43.1. The highest BCUT2D eigenvalue weighted by molar-refractivity contribution is 5.39. The van der Waals surface area contributed by atoms with Crippen molar-refractivity contribution in [2.45, 2.75) is 421 Å². The first kappa shape index (κ1) is 110. The quantitative estimate of drug-likeness (QED) is 0.0278. The summed E-state index contributed by atoms with van der Waals surface area (Å²) in [5.74, 6) is -0.357. The van der Waals surface area contributed by atoms with E-state index in [0.717, 1.165) is 5.57 Å². The summed E-state index contributed by atoms with van der Waals surface area (Å²) in [5, 5.41) is 344. The van der Waals surface area contributed by atoms with Crippen LogP contribution in [0.1, 0.15) is 121 Å². The molecule has 31 N–H and O–H groups in total. The maximum atomic E-state index is 13.4. The third kappa shape index (κ3) is 19.7. The smallest absolute Gasteiger partial charge is 0.187 e. The lowest BCUT2D eigenvalue weighted by Crippen LogP contribution is -2.72. The first-order valence-corrected chi connectivity index (χ1v) is 46.4. The van der Waals surface area contributed by atoms with Gasteiger partial charge in [0.1, 0.15) is 220 Å². The molecular weight excluding hydrogens is 1820 g/mol. The van der Waals surface area contributed by atoms with Crippen LogP contribution in [0.4, 0.5) is 0 Å². The highest BCUT2D eigenvalue weighted by atomic mass is 16.8. The second-order valence-corrected chi connectivity index (χ2v) is 41.1. The second-order valence-electron chi connectivity index (χ2n) is 41.1. The molecule has 0 radical (unpaired) electrons. The Bertz CT molecular complexity index is 3790. The fourth-order valence-electron chi connectivity index (χ4n) is 24.3. The number of rotatable bonds is 32. The van der Waals surface area contributed by atoms with Gasteiger partial charge in [0.05, 0.1) is 83.4 Å². The minimum atomic E-state index is -2.35. The molecule has 9 aliphatic heterocycles. The van der Waals surface area contributed by atoms with Gasteiger partial charge in [-0.3, -0.25) is 0 Å². The van der Waals surface area contributed by atoms with Gasteiger partial charge in [-0.15, -0.1) is 0 Å². The van der Waals surface area contributed by atoms with Crippen molar-refractivity contribution in [2.24, 2.45) is 44.3 Å². The molecule has 49 nitrogen and oxygen atoms in total. The van der Waals surface area contributed by atoms with Crippen molar-refractivity contribution in [3.8, 4) is 0 Å². The molecule has 9 saturated heterocycles. The topological polar surface area (TPSA) is 793 Å². The first-order chi connectivity index (χ1) is 63.4. The average Bonchev–Trinajstić information content (AvgIpc) is 1.61. The molecule has 0 amide bonds. The molecular formula is C86H146O49. The molecule has 0 aromatic heterocycles. The summed E-state index contributed by atoms with van der Waals surface area (Å²) >= 11 is 0. The van der Waals surface area contributed by atoms with Crippen LogP contribution in [0, 0.1) is 44.3 Å². The van der Waals surface area contributed by atoms with Crippen LogP contribution in [-0.2, 0) is 85.3 Å². The van der Waals surface area contributed by atoms with Gasteiger partial charge in [-0.05, 0) is 98.7 Å². The molecule has 0 aromatic carbocycles. The Labute approximate surface area is 777 Å². The largest absolute Gasteiger partial charge is 0.394 e. The van der Waals surface area contributed by atoms with Crippen LogP contribution in [-0.4, -0.2) is 518 Å². The summed E-state index contributed by atoms with van der Waals surface area (Å²) in [4.78, 5) is 0. The van der Waals surface area contributed by atoms with E-state index in [1.807, 2.05) is 20.8 Å². The van der Waals surface area contributed by atoms with Crippen LogP contribution in [0.3, 0.4) is 0 Å². The normalized spacial score (nSPS) is 53.1. The van der Waals surface area contributed by atoms with E-state index in [4.69, 9.17) is 85.3 Å². The Morgan fingerprint density at radius 1 is 0.326 bits per heavy atom. The van der Waals surface area contributed by atoms with Gasteiger partial charge in [-0.2, -0.15) is 0 Å². The van der Waals surface area contributed by atoms with E-state index in [1.165, 1.54) is 13.8 Å². The summed E-state index contributed by atoms with van der Waals surface area (Å²) < 4.78 is 107. The minimum Gasteiger partial charge on any atom is -0.394 e. The van der Waals surface area contributed by atoms with Crippen LogP contribution < -0.4 is 0 Å². The Balaban J connectivity index is 0.703. The molecule has 4 aliphatic carbocycles. The van der Waals surface area contributed by atoms with Crippen LogP contribution in [0.5, 0.6) is 0 Å². The fraction of sp³-hybridized carbons (Fsp3) is 0.977. The molecule has 0 bridgehead atoms. The zero-order valence-corrected chi connectivity index (χ0v) is 76.7. The van der Waals surface area contributed by atoms with Crippen molar-refractivity contribution in [3.05, 3.63) is 11.6 Å². The molecule has 12 fully saturated rings. The Kier molecular flexibility index (Phi) is 35.1. The molecule has 13 aliphatic rings. The molecule has 784 valence electrons. The van der Waals surface area contributed by atoms with Crippen LogP contribution in [0.15, 0.2) is 11.6 Å². The highest BCUT2D eigenvalue weighted by Crippen LogP contribution is 2.82. The lowest BCUT2D eigenvalue weighted by Gasteiger charge is -2.75. The minimum absolute atomic E-state index is 0.00488. The number of hydrogen-bond donors (Lipinski definition) is 31. The van der Waals surface area contributed by atoms with Crippen molar-refractivity contribution in [1.82, 2.24) is 0 Å². The Morgan fingerprint density at radius 2 is 0.607 bits per heavy atom. The maximum absolute atomic E-state index is 13.4. The SMILES string of the molecule is C[C@H](CC[C@@H](OC1O[C@H](CO)[C@@H](OC2O[C@H](CO)[C@@H](OC3O[C@H](CO)[C@@H](O)[C@H](O)[C@H]3O)[C@H](O)[C@H]2O)[C@H](O)[C@H]1OC1O[C@H](CO)[C@@H](OC2O[C@H](CO)[C@@H](OC3O[C@H](CO)[C@@H](O)[C@H](O)[C@H]3O)[C@H](O)[C@H]2O)[C@H](O)[C@H]1O)C(C)(C)O)C1CC[C@@]2(C)[C@]3(C)CC=C4C(C)(C)[C@@H](OC5O[C@H](CO)[C@@H](OC6O[C@H](CO)[C@@H](OC7O[C@H](CO)[C@@H](O)[C@H](O)[C@H]7O)[C@H](O)[C@H]6O)[C@H](O)[C@H]5O)CC[C@@]4(C)[C@]3(C)C(O)C[C@]12C. The molecule has 11 unspecified atom stereocenters. The summed E-state index contributed by atoms with van der Waals surface area (Å²) in [6.45, 7) is 11.2. The summed E-state index contributed by atoms with van der Waals surface area (Å²) in [5.41, 5.74) is -5.12. The maximum Gasteiger partial charge on any atom is 0.187 e. The fourth-order valence-corrected chi connectivity index (χ4v) is 24.3. The van der Waals surface area contributed by atoms with Crippen LogP contribution >= 0.6 is 0 Å². The van der Waals surface area contributed by atoms with Gasteiger partial charge in [0.25, 0.3) is 0 Å². The predicted octanol–water partition coefficient (Wildman–Crippen LogP) is -13.3.